The highest BCUT2D eigenvalue weighted by Crippen LogP contribution is 2.34. The molecule has 2 aliphatic rings. The monoisotopic (exact) mass is 252 g/mol. The number of hydrogen-bond acceptors (Lipinski definition) is 2. The Labute approximate surface area is 113 Å². The second-order valence-corrected chi connectivity index (χ2v) is 4.73. The largest absolute Gasteiger partial charge is 0.458 e. The van der Waals surface area contributed by atoms with Gasteiger partial charge in [0.15, 0.2) is 0 Å². The first-order chi connectivity index (χ1) is 9.36. The van der Waals surface area contributed by atoms with Gasteiger partial charge in [0.1, 0.15) is 5.76 Å². The SMILES string of the molecule is C(#Cc1ccccc1)/C=C1/C=CC2(CCCCO2)O1. The summed E-state index contributed by atoms with van der Waals surface area (Å²) in [5.74, 6) is 6.37. The molecule has 1 unspecified atom stereocenters. The Bertz CT molecular complexity index is 552. The van der Waals surface area contributed by atoms with Crippen molar-refractivity contribution in [3.8, 4) is 11.8 Å². The molecule has 1 fully saturated rings. The molecule has 1 spiro atoms. The van der Waals surface area contributed by atoms with Crippen LogP contribution in [0.25, 0.3) is 0 Å². The van der Waals surface area contributed by atoms with Crippen LogP contribution in [0.2, 0.25) is 0 Å². The summed E-state index contributed by atoms with van der Waals surface area (Å²) in [5, 5.41) is 0. The molecule has 0 aromatic heterocycles. The molecule has 3 rings (SSSR count). The zero-order chi connectivity index (χ0) is 13.0. The Morgan fingerprint density at radius 2 is 2.05 bits per heavy atom. The van der Waals surface area contributed by atoms with E-state index in [2.05, 4.69) is 11.8 Å². The van der Waals surface area contributed by atoms with E-state index in [1.165, 1.54) is 0 Å². The van der Waals surface area contributed by atoms with E-state index in [-0.39, 0.29) is 0 Å². The lowest BCUT2D eigenvalue weighted by molar-refractivity contribution is -0.191. The van der Waals surface area contributed by atoms with E-state index in [1.807, 2.05) is 42.5 Å². The standard InChI is InChI=1S/C17H16O2/c1-2-7-15(8-3-1)9-6-10-16-11-13-17(19-16)12-4-5-14-18-17/h1-3,7-8,10-11,13H,4-5,12,14H2/b16-10-. The quantitative estimate of drug-likeness (QED) is 0.659. The maximum absolute atomic E-state index is 5.85. The molecule has 0 saturated carbocycles. The maximum Gasteiger partial charge on any atom is 0.230 e. The average Bonchev–Trinajstić information content (AvgIpc) is 2.84. The average molecular weight is 252 g/mol. The Morgan fingerprint density at radius 1 is 1.16 bits per heavy atom. The molecule has 19 heavy (non-hydrogen) atoms. The number of ether oxygens (including phenoxy) is 2. The Morgan fingerprint density at radius 3 is 2.84 bits per heavy atom. The summed E-state index contributed by atoms with van der Waals surface area (Å²) in [6, 6.07) is 9.92. The molecule has 1 saturated heterocycles. The van der Waals surface area contributed by atoms with Crippen molar-refractivity contribution in [3.05, 3.63) is 59.9 Å². The molecule has 2 nitrogen and oxygen atoms in total. The van der Waals surface area contributed by atoms with Crippen LogP contribution in [0, 0.1) is 11.8 Å². The summed E-state index contributed by atoms with van der Waals surface area (Å²) in [5.41, 5.74) is 1.00. The fourth-order valence-electron chi connectivity index (χ4n) is 2.27. The van der Waals surface area contributed by atoms with Crippen LogP contribution < -0.4 is 0 Å². The van der Waals surface area contributed by atoms with Crippen LogP contribution >= 0.6 is 0 Å². The molecule has 0 radical (unpaired) electrons. The van der Waals surface area contributed by atoms with Gasteiger partial charge in [-0.2, -0.15) is 0 Å². The fraction of sp³-hybridized carbons (Fsp3) is 0.294. The fourth-order valence-corrected chi connectivity index (χ4v) is 2.27. The summed E-state index contributed by atoms with van der Waals surface area (Å²) < 4.78 is 11.6. The molecule has 96 valence electrons. The van der Waals surface area contributed by atoms with Crippen molar-refractivity contribution in [2.24, 2.45) is 0 Å². The Balaban J connectivity index is 1.67. The molecule has 2 heterocycles. The van der Waals surface area contributed by atoms with Crippen molar-refractivity contribution < 1.29 is 9.47 Å². The minimum atomic E-state index is -0.515. The van der Waals surface area contributed by atoms with Crippen molar-refractivity contribution in [1.29, 1.82) is 0 Å². The summed E-state index contributed by atoms with van der Waals surface area (Å²) in [7, 11) is 0. The third-order valence-electron chi connectivity index (χ3n) is 3.26. The van der Waals surface area contributed by atoms with Crippen molar-refractivity contribution >= 4 is 0 Å². The van der Waals surface area contributed by atoms with E-state index in [0.717, 1.165) is 37.2 Å². The van der Waals surface area contributed by atoms with Gasteiger partial charge < -0.3 is 9.47 Å². The molecular formula is C17H16O2. The van der Waals surface area contributed by atoms with Gasteiger partial charge in [0.25, 0.3) is 0 Å². The predicted octanol–water partition coefficient (Wildman–Crippen LogP) is 3.41. The lowest BCUT2D eigenvalue weighted by Crippen LogP contribution is -2.34. The summed E-state index contributed by atoms with van der Waals surface area (Å²) in [6.07, 6.45) is 8.94. The van der Waals surface area contributed by atoms with E-state index >= 15 is 0 Å². The van der Waals surface area contributed by atoms with Gasteiger partial charge in [0.2, 0.25) is 5.79 Å². The van der Waals surface area contributed by atoms with Crippen molar-refractivity contribution in [3.63, 3.8) is 0 Å². The van der Waals surface area contributed by atoms with Crippen LogP contribution in [-0.4, -0.2) is 12.4 Å². The number of benzene rings is 1. The highest BCUT2D eigenvalue weighted by atomic mass is 16.7. The van der Waals surface area contributed by atoms with Crippen LogP contribution in [0.15, 0.2) is 54.3 Å². The lowest BCUT2D eigenvalue weighted by Gasteiger charge is -2.31. The van der Waals surface area contributed by atoms with Crippen LogP contribution in [0.4, 0.5) is 0 Å². The van der Waals surface area contributed by atoms with E-state index in [9.17, 15) is 0 Å². The minimum absolute atomic E-state index is 0.515. The second-order valence-electron chi connectivity index (χ2n) is 4.73. The van der Waals surface area contributed by atoms with Crippen LogP contribution in [0.5, 0.6) is 0 Å². The zero-order valence-electron chi connectivity index (χ0n) is 10.8. The van der Waals surface area contributed by atoms with Gasteiger partial charge in [-0.05, 0) is 37.1 Å². The van der Waals surface area contributed by atoms with Gasteiger partial charge in [-0.1, -0.05) is 30.0 Å². The van der Waals surface area contributed by atoms with Gasteiger partial charge in [0, 0.05) is 18.1 Å². The normalized spacial score (nSPS) is 27.1. The molecular weight excluding hydrogens is 236 g/mol. The van der Waals surface area contributed by atoms with Gasteiger partial charge in [-0.25, -0.2) is 0 Å². The first kappa shape index (κ1) is 12.1. The zero-order valence-corrected chi connectivity index (χ0v) is 10.8. The summed E-state index contributed by atoms with van der Waals surface area (Å²) >= 11 is 0. The second kappa shape index (κ2) is 5.34. The minimum Gasteiger partial charge on any atom is -0.458 e. The number of hydrogen-bond donors (Lipinski definition) is 0. The third-order valence-corrected chi connectivity index (χ3v) is 3.26. The molecule has 2 aliphatic heterocycles. The van der Waals surface area contributed by atoms with Crippen molar-refractivity contribution in [2.45, 2.75) is 25.0 Å². The van der Waals surface area contributed by atoms with Crippen LogP contribution in [0.3, 0.4) is 0 Å². The van der Waals surface area contributed by atoms with Crippen LogP contribution in [0.1, 0.15) is 24.8 Å². The van der Waals surface area contributed by atoms with E-state index in [0.29, 0.717) is 0 Å². The molecule has 2 heteroatoms. The van der Waals surface area contributed by atoms with Gasteiger partial charge in [0.05, 0.1) is 6.61 Å². The first-order valence-corrected chi connectivity index (χ1v) is 6.65. The highest BCUT2D eigenvalue weighted by Gasteiger charge is 2.36. The van der Waals surface area contributed by atoms with Gasteiger partial charge in [-0.15, -0.1) is 0 Å². The summed E-state index contributed by atoms with van der Waals surface area (Å²) in [4.78, 5) is 0. The molecule has 1 aromatic carbocycles. The first-order valence-electron chi connectivity index (χ1n) is 6.65. The highest BCUT2D eigenvalue weighted by molar-refractivity contribution is 5.39. The molecule has 0 aliphatic carbocycles. The Kier molecular flexibility index (Phi) is 3.39. The number of allylic oxidation sites excluding steroid dienone is 2. The predicted molar refractivity (Wildman–Crippen MR) is 74.2 cm³/mol. The third kappa shape index (κ3) is 2.89. The molecule has 0 amide bonds. The molecule has 0 N–H and O–H groups in total. The molecule has 0 bridgehead atoms. The molecule has 1 atom stereocenters. The smallest absolute Gasteiger partial charge is 0.230 e. The van der Waals surface area contributed by atoms with Crippen molar-refractivity contribution in [2.75, 3.05) is 6.61 Å². The summed E-state index contributed by atoms with van der Waals surface area (Å²) in [6.45, 7) is 0.771. The van der Waals surface area contributed by atoms with Gasteiger partial charge in [-0.3, -0.25) is 0 Å². The van der Waals surface area contributed by atoms with E-state index in [1.54, 1.807) is 6.08 Å². The maximum atomic E-state index is 5.85. The van der Waals surface area contributed by atoms with E-state index < -0.39 is 5.79 Å². The van der Waals surface area contributed by atoms with Crippen molar-refractivity contribution in [1.82, 2.24) is 0 Å². The van der Waals surface area contributed by atoms with E-state index in [4.69, 9.17) is 9.47 Å². The van der Waals surface area contributed by atoms with Gasteiger partial charge >= 0.3 is 0 Å². The van der Waals surface area contributed by atoms with Crippen LogP contribution in [-0.2, 0) is 9.47 Å². The molecule has 1 aromatic rings. The Hall–Kier alpha value is -1.98. The number of rotatable bonds is 0. The topological polar surface area (TPSA) is 18.5 Å². The lowest BCUT2D eigenvalue weighted by atomic mass is 10.1.